The van der Waals surface area contributed by atoms with Crippen LogP contribution in [0.3, 0.4) is 0 Å². The van der Waals surface area contributed by atoms with Crippen molar-refractivity contribution in [1.82, 2.24) is 4.98 Å². The highest BCUT2D eigenvalue weighted by Crippen LogP contribution is 2.31. The maximum absolute atomic E-state index is 13.0. The van der Waals surface area contributed by atoms with E-state index in [9.17, 15) is 19.8 Å². The monoisotopic (exact) mass is 387 g/mol. The van der Waals surface area contributed by atoms with E-state index in [4.69, 9.17) is 4.74 Å². The Morgan fingerprint density at radius 2 is 1.62 bits per heavy atom. The number of fused-ring (bicyclic) bond motifs is 1. The van der Waals surface area contributed by atoms with E-state index in [2.05, 4.69) is 4.98 Å². The van der Waals surface area contributed by atoms with Crippen LogP contribution < -0.4 is 0 Å². The van der Waals surface area contributed by atoms with Crippen LogP contribution in [0.15, 0.2) is 72.8 Å². The smallest absolute Gasteiger partial charge is 0.342 e. The van der Waals surface area contributed by atoms with Crippen molar-refractivity contribution in [3.05, 3.63) is 83.9 Å². The molecule has 0 aliphatic carbocycles. The van der Waals surface area contributed by atoms with E-state index < -0.39 is 18.3 Å². The van der Waals surface area contributed by atoms with Gasteiger partial charge in [-0.1, -0.05) is 48.5 Å². The van der Waals surface area contributed by atoms with Gasteiger partial charge in [0.05, 0.1) is 11.3 Å². The van der Waals surface area contributed by atoms with Gasteiger partial charge < -0.3 is 19.9 Å². The third-order valence-electron chi connectivity index (χ3n) is 4.58. The molecule has 0 bridgehead atoms. The quantitative estimate of drug-likeness (QED) is 0.350. The zero-order valence-electron chi connectivity index (χ0n) is 15.3. The lowest BCUT2D eigenvalue weighted by atomic mass is 10.0. The van der Waals surface area contributed by atoms with Gasteiger partial charge in [0.15, 0.2) is 6.61 Å². The van der Waals surface area contributed by atoms with Crippen LogP contribution in [-0.2, 0) is 4.74 Å². The maximum atomic E-state index is 13.0. The van der Waals surface area contributed by atoms with Gasteiger partial charge in [0.25, 0.3) is 0 Å². The van der Waals surface area contributed by atoms with E-state index in [1.807, 2.05) is 54.6 Å². The molecule has 3 N–H and O–H groups in total. The maximum Gasteiger partial charge on any atom is 0.342 e. The highest BCUT2D eigenvalue weighted by molar-refractivity contribution is 6.14. The second-order valence-corrected chi connectivity index (χ2v) is 6.49. The molecule has 1 aromatic heterocycles. The molecule has 0 fully saturated rings. The molecule has 1 heterocycles. The van der Waals surface area contributed by atoms with Gasteiger partial charge in [-0.3, -0.25) is 4.79 Å². The molecule has 4 rings (SSSR count). The number of esters is 1. The van der Waals surface area contributed by atoms with Gasteiger partial charge in [0, 0.05) is 17.0 Å². The van der Waals surface area contributed by atoms with E-state index in [-0.39, 0.29) is 17.1 Å². The summed E-state index contributed by atoms with van der Waals surface area (Å²) in [6, 6.07) is 20.4. The molecule has 144 valence electrons. The van der Waals surface area contributed by atoms with Crippen molar-refractivity contribution in [2.75, 3.05) is 6.61 Å². The van der Waals surface area contributed by atoms with Gasteiger partial charge in [0.1, 0.15) is 17.1 Å². The van der Waals surface area contributed by atoms with E-state index >= 15 is 0 Å². The van der Waals surface area contributed by atoms with Crippen LogP contribution in [0.2, 0.25) is 0 Å². The predicted molar refractivity (Wildman–Crippen MR) is 108 cm³/mol. The number of aromatic amines is 1. The van der Waals surface area contributed by atoms with Crippen molar-refractivity contribution in [3.63, 3.8) is 0 Å². The number of carbonyl (C=O) groups is 2. The fourth-order valence-electron chi connectivity index (χ4n) is 3.23. The first kappa shape index (κ1) is 18.3. The normalized spacial score (nSPS) is 10.8. The molecule has 6 heteroatoms. The molecule has 0 amide bonds. The second kappa shape index (κ2) is 7.52. The molecule has 0 aliphatic heterocycles. The first-order valence-corrected chi connectivity index (χ1v) is 8.93. The number of aromatic nitrogens is 1. The average molecular weight is 387 g/mol. The third-order valence-corrected chi connectivity index (χ3v) is 4.58. The number of hydrogen-bond acceptors (Lipinski definition) is 5. The standard InChI is InChI=1S/C23H17NO5/c25-15-10-11-17(19(26)12-15)23(28)29-13-20(27)21-16-8-4-5-9-18(16)24-22(21)14-6-2-1-3-7-14/h1-12,24-26H,13H2. The van der Waals surface area contributed by atoms with Gasteiger partial charge in [-0.15, -0.1) is 0 Å². The molecule has 0 radical (unpaired) electrons. The Morgan fingerprint density at radius 1 is 0.897 bits per heavy atom. The zero-order valence-corrected chi connectivity index (χ0v) is 15.3. The molecule has 0 aliphatic rings. The molecule has 0 saturated heterocycles. The first-order valence-electron chi connectivity index (χ1n) is 8.93. The number of aromatic hydroxyl groups is 2. The van der Waals surface area contributed by atoms with Crippen LogP contribution in [0.1, 0.15) is 20.7 Å². The van der Waals surface area contributed by atoms with E-state index in [0.29, 0.717) is 11.3 Å². The second-order valence-electron chi connectivity index (χ2n) is 6.49. The zero-order chi connectivity index (χ0) is 20.4. The van der Waals surface area contributed by atoms with Crippen LogP contribution >= 0.6 is 0 Å². The number of phenols is 2. The molecule has 0 saturated carbocycles. The Bertz CT molecular complexity index is 1210. The number of hydrogen-bond donors (Lipinski definition) is 3. The minimum Gasteiger partial charge on any atom is -0.508 e. The highest BCUT2D eigenvalue weighted by atomic mass is 16.5. The van der Waals surface area contributed by atoms with Gasteiger partial charge in [-0.25, -0.2) is 4.79 Å². The molecule has 0 unspecified atom stereocenters. The summed E-state index contributed by atoms with van der Waals surface area (Å²) < 4.78 is 5.13. The van der Waals surface area contributed by atoms with Gasteiger partial charge in [0.2, 0.25) is 5.78 Å². The lowest BCUT2D eigenvalue weighted by Crippen LogP contribution is -2.15. The summed E-state index contributed by atoms with van der Waals surface area (Å²) >= 11 is 0. The Kier molecular flexibility index (Phi) is 4.75. The summed E-state index contributed by atoms with van der Waals surface area (Å²) in [4.78, 5) is 28.5. The molecule has 0 spiro atoms. The number of H-pyrrole nitrogens is 1. The van der Waals surface area contributed by atoms with Crippen LogP contribution in [0.4, 0.5) is 0 Å². The van der Waals surface area contributed by atoms with Crippen molar-refractivity contribution < 1.29 is 24.5 Å². The van der Waals surface area contributed by atoms with Gasteiger partial charge in [-0.2, -0.15) is 0 Å². The largest absolute Gasteiger partial charge is 0.508 e. The van der Waals surface area contributed by atoms with Crippen molar-refractivity contribution in [1.29, 1.82) is 0 Å². The molecule has 4 aromatic rings. The van der Waals surface area contributed by atoms with Crippen LogP contribution in [0, 0.1) is 0 Å². The minimum atomic E-state index is -0.850. The number of carbonyl (C=O) groups excluding carboxylic acids is 2. The molecule has 29 heavy (non-hydrogen) atoms. The van der Waals surface area contributed by atoms with Gasteiger partial charge >= 0.3 is 5.97 Å². The Labute approximate surface area is 166 Å². The number of ether oxygens (including phenoxy) is 1. The molecular weight excluding hydrogens is 370 g/mol. The summed E-state index contributed by atoms with van der Waals surface area (Å²) in [5, 5.41) is 19.9. The fourth-order valence-corrected chi connectivity index (χ4v) is 3.23. The molecule has 6 nitrogen and oxygen atoms in total. The van der Waals surface area contributed by atoms with Crippen LogP contribution in [0.25, 0.3) is 22.2 Å². The predicted octanol–water partition coefficient (Wildman–Crippen LogP) is 4.29. The molecule has 3 aromatic carbocycles. The Morgan fingerprint density at radius 3 is 2.38 bits per heavy atom. The van der Waals surface area contributed by atoms with Crippen LogP contribution in [0.5, 0.6) is 11.5 Å². The number of benzene rings is 3. The minimum absolute atomic E-state index is 0.127. The lowest BCUT2D eigenvalue weighted by Gasteiger charge is -2.08. The number of nitrogens with one attached hydrogen (secondary N) is 1. The molecule has 0 atom stereocenters. The summed E-state index contributed by atoms with van der Waals surface area (Å²) in [6.45, 7) is -0.485. The van der Waals surface area contributed by atoms with Crippen molar-refractivity contribution in [2.45, 2.75) is 0 Å². The number of ketones is 1. The van der Waals surface area contributed by atoms with Crippen molar-refractivity contribution in [2.24, 2.45) is 0 Å². The fraction of sp³-hybridized carbons (Fsp3) is 0.0435. The van der Waals surface area contributed by atoms with E-state index in [1.165, 1.54) is 12.1 Å². The van der Waals surface area contributed by atoms with Gasteiger partial charge in [-0.05, 0) is 23.8 Å². The summed E-state index contributed by atoms with van der Waals surface area (Å²) in [5.41, 5.74) is 2.61. The summed E-state index contributed by atoms with van der Waals surface area (Å²) in [7, 11) is 0. The van der Waals surface area contributed by atoms with Crippen molar-refractivity contribution >= 4 is 22.7 Å². The van der Waals surface area contributed by atoms with E-state index in [1.54, 1.807) is 0 Å². The number of Topliss-reactive ketones (excluding diaryl/α,β-unsaturated/α-hetero) is 1. The summed E-state index contributed by atoms with van der Waals surface area (Å²) in [5.74, 6) is -1.81. The average Bonchev–Trinajstić information content (AvgIpc) is 3.12. The first-order chi connectivity index (χ1) is 14.0. The van der Waals surface area contributed by atoms with Crippen molar-refractivity contribution in [3.8, 4) is 22.8 Å². The Hall–Kier alpha value is -4.06. The third kappa shape index (κ3) is 3.55. The summed E-state index contributed by atoms with van der Waals surface area (Å²) in [6.07, 6.45) is 0. The number of phenolic OH excluding ortho intramolecular Hbond substituents is 2. The number of rotatable bonds is 5. The van der Waals surface area contributed by atoms with E-state index in [0.717, 1.165) is 22.5 Å². The SMILES string of the molecule is O=C(OCC(=O)c1c(-c2ccccc2)[nH]c2ccccc12)c1ccc(O)cc1O. The highest BCUT2D eigenvalue weighted by Gasteiger charge is 2.22. The van der Waals surface area contributed by atoms with Crippen LogP contribution in [-0.4, -0.2) is 33.6 Å². The lowest BCUT2D eigenvalue weighted by molar-refractivity contribution is 0.0472. The topological polar surface area (TPSA) is 99.6 Å². The Balaban J connectivity index is 1.64. The molecular formula is C23H17NO5. The number of para-hydroxylation sites is 1.